The molecule has 1 aromatic carbocycles. The molecular weight excluding hydrogens is 258 g/mol. The molecule has 0 aliphatic rings. The third-order valence-corrected chi connectivity index (χ3v) is 3.63. The van der Waals surface area contributed by atoms with E-state index in [0.717, 1.165) is 12.0 Å². The molecular formula is C15H17NO2S. The van der Waals surface area contributed by atoms with E-state index in [-0.39, 0.29) is 17.7 Å². The van der Waals surface area contributed by atoms with Gasteiger partial charge >= 0.3 is 0 Å². The third-order valence-electron chi connectivity index (χ3n) is 2.90. The number of aryl methyl sites for hydroxylation is 1. The minimum Gasteiger partial charge on any atom is -0.507 e. The zero-order valence-corrected chi connectivity index (χ0v) is 11.8. The Morgan fingerprint density at radius 1 is 1.42 bits per heavy atom. The summed E-state index contributed by atoms with van der Waals surface area (Å²) in [6, 6.07) is 7.11. The van der Waals surface area contributed by atoms with Crippen molar-refractivity contribution in [1.82, 2.24) is 5.32 Å². The van der Waals surface area contributed by atoms with Crippen LogP contribution in [0.4, 0.5) is 0 Å². The fraction of sp³-hybridized carbons (Fsp3) is 0.267. The van der Waals surface area contributed by atoms with Gasteiger partial charge in [-0.1, -0.05) is 11.6 Å². The number of phenolic OH excluding ortho intramolecular Hbond substituents is 1. The first-order valence-corrected chi connectivity index (χ1v) is 7.12. The van der Waals surface area contributed by atoms with Crippen LogP contribution in [0.2, 0.25) is 0 Å². The van der Waals surface area contributed by atoms with Crippen LogP contribution in [0.25, 0.3) is 0 Å². The lowest BCUT2D eigenvalue weighted by Gasteiger charge is -2.14. The minimum atomic E-state index is -0.232. The molecule has 0 bridgehead atoms. The Bertz CT molecular complexity index is 564. The molecule has 0 aliphatic heterocycles. The highest BCUT2D eigenvalue weighted by molar-refractivity contribution is 7.07. The van der Waals surface area contributed by atoms with E-state index >= 15 is 0 Å². The highest BCUT2D eigenvalue weighted by atomic mass is 32.1. The standard InChI is InChI=1S/C15H17NO2S/c1-10-3-4-14(17)13(7-10)15(18)16-11(2)8-12-5-6-19-9-12/h3-7,9,11,17H,8H2,1-2H3,(H,16,18). The van der Waals surface area contributed by atoms with Gasteiger partial charge in [-0.05, 0) is 54.8 Å². The molecule has 0 saturated carbocycles. The highest BCUT2D eigenvalue weighted by Crippen LogP contribution is 2.18. The summed E-state index contributed by atoms with van der Waals surface area (Å²) >= 11 is 1.65. The Morgan fingerprint density at radius 3 is 2.89 bits per heavy atom. The van der Waals surface area contributed by atoms with Gasteiger partial charge in [0.1, 0.15) is 5.75 Å². The Hall–Kier alpha value is -1.81. The van der Waals surface area contributed by atoms with Crippen LogP contribution < -0.4 is 5.32 Å². The molecule has 0 aliphatic carbocycles. The zero-order valence-electron chi connectivity index (χ0n) is 11.0. The van der Waals surface area contributed by atoms with E-state index in [1.54, 1.807) is 29.5 Å². The molecule has 0 spiro atoms. The van der Waals surface area contributed by atoms with E-state index in [1.165, 1.54) is 5.56 Å². The number of carbonyl (C=O) groups is 1. The van der Waals surface area contributed by atoms with Crippen molar-refractivity contribution in [2.45, 2.75) is 26.3 Å². The summed E-state index contributed by atoms with van der Waals surface area (Å²) in [5, 5.41) is 16.7. The quantitative estimate of drug-likeness (QED) is 0.900. The maximum absolute atomic E-state index is 12.1. The molecule has 100 valence electrons. The molecule has 1 unspecified atom stereocenters. The van der Waals surface area contributed by atoms with Gasteiger partial charge in [0.15, 0.2) is 0 Å². The van der Waals surface area contributed by atoms with E-state index in [0.29, 0.717) is 5.56 Å². The van der Waals surface area contributed by atoms with Gasteiger partial charge in [0.2, 0.25) is 0 Å². The lowest BCUT2D eigenvalue weighted by Crippen LogP contribution is -2.34. The van der Waals surface area contributed by atoms with Crippen molar-refractivity contribution in [1.29, 1.82) is 0 Å². The number of carbonyl (C=O) groups excluding carboxylic acids is 1. The lowest BCUT2D eigenvalue weighted by molar-refractivity contribution is 0.0937. The van der Waals surface area contributed by atoms with Gasteiger partial charge < -0.3 is 10.4 Å². The van der Waals surface area contributed by atoms with Gasteiger partial charge in [-0.2, -0.15) is 11.3 Å². The Balaban J connectivity index is 2.02. The second-order valence-electron chi connectivity index (χ2n) is 4.73. The number of benzene rings is 1. The van der Waals surface area contributed by atoms with Gasteiger partial charge in [-0.25, -0.2) is 0 Å². The zero-order chi connectivity index (χ0) is 13.8. The predicted octanol–water partition coefficient (Wildman–Crippen LogP) is 3.12. The number of thiophene rings is 1. The number of phenols is 1. The molecule has 0 radical (unpaired) electrons. The first-order valence-electron chi connectivity index (χ1n) is 6.18. The van der Waals surface area contributed by atoms with Crippen LogP contribution in [0.3, 0.4) is 0 Å². The Morgan fingerprint density at radius 2 is 2.21 bits per heavy atom. The van der Waals surface area contributed by atoms with Crippen molar-refractivity contribution >= 4 is 17.2 Å². The number of rotatable bonds is 4. The molecule has 1 heterocycles. The molecule has 0 saturated heterocycles. The number of hydrogen-bond acceptors (Lipinski definition) is 3. The highest BCUT2D eigenvalue weighted by Gasteiger charge is 2.14. The maximum atomic E-state index is 12.1. The van der Waals surface area contributed by atoms with Crippen molar-refractivity contribution in [3.63, 3.8) is 0 Å². The number of hydrogen-bond donors (Lipinski definition) is 2. The summed E-state index contributed by atoms with van der Waals surface area (Å²) in [4.78, 5) is 12.1. The number of aromatic hydroxyl groups is 1. The first kappa shape index (κ1) is 13.6. The summed E-state index contributed by atoms with van der Waals surface area (Å²) in [5.41, 5.74) is 2.50. The van der Waals surface area contributed by atoms with Crippen LogP contribution in [-0.2, 0) is 6.42 Å². The smallest absolute Gasteiger partial charge is 0.255 e. The summed E-state index contributed by atoms with van der Waals surface area (Å²) in [6.07, 6.45) is 0.793. The van der Waals surface area contributed by atoms with Crippen molar-refractivity contribution < 1.29 is 9.90 Å². The van der Waals surface area contributed by atoms with E-state index in [9.17, 15) is 9.90 Å². The van der Waals surface area contributed by atoms with Gasteiger partial charge in [0.25, 0.3) is 5.91 Å². The van der Waals surface area contributed by atoms with Crippen LogP contribution in [0.1, 0.15) is 28.4 Å². The SMILES string of the molecule is Cc1ccc(O)c(C(=O)NC(C)Cc2ccsc2)c1. The van der Waals surface area contributed by atoms with Gasteiger partial charge in [-0.15, -0.1) is 0 Å². The first-order chi connectivity index (χ1) is 9.06. The van der Waals surface area contributed by atoms with Crippen LogP contribution in [-0.4, -0.2) is 17.1 Å². The largest absolute Gasteiger partial charge is 0.507 e. The minimum absolute atomic E-state index is 0.0193. The maximum Gasteiger partial charge on any atom is 0.255 e. The van der Waals surface area contributed by atoms with Crippen LogP contribution in [0.15, 0.2) is 35.0 Å². The van der Waals surface area contributed by atoms with E-state index in [4.69, 9.17) is 0 Å². The van der Waals surface area contributed by atoms with Crippen LogP contribution >= 0.6 is 11.3 Å². The molecule has 4 heteroatoms. The Kier molecular flexibility index (Phi) is 4.22. The molecule has 1 amide bonds. The van der Waals surface area contributed by atoms with Gasteiger partial charge in [0.05, 0.1) is 5.56 Å². The van der Waals surface area contributed by atoms with Crippen molar-refractivity contribution in [3.8, 4) is 5.75 Å². The number of nitrogens with one attached hydrogen (secondary N) is 1. The monoisotopic (exact) mass is 275 g/mol. The predicted molar refractivity (Wildman–Crippen MR) is 77.8 cm³/mol. The average molecular weight is 275 g/mol. The molecule has 2 aromatic rings. The van der Waals surface area contributed by atoms with Crippen molar-refractivity contribution in [2.24, 2.45) is 0 Å². The fourth-order valence-electron chi connectivity index (χ4n) is 1.95. The van der Waals surface area contributed by atoms with Crippen LogP contribution in [0.5, 0.6) is 5.75 Å². The van der Waals surface area contributed by atoms with Crippen LogP contribution in [0, 0.1) is 6.92 Å². The number of amides is 1. The van der Waals surface area contributed by atoms with Gasteiger partial charge in [0, 0.05) is 6.04 Å². The molecule has 2 N–H and O–H groups in total. The second-order valence-corrected chi connectivity index (χ2v) is 5.51. The topological polar surface area (TPSA) is 49.3 Å². The summed E-state index contributed by atoms with van der Waals surface area (Å²) < 4.78 is 0. The Labute approximate surface area is 116 Å². The molecule has 1 aromatic heterocycles. The summed E-state index contributed by atoms with van der Waals surface area (Å²) in [5.74, 6) is -0.213. The van der Waals surface area contributed by atoms with Crippen molar-refractivity contribution in [2.75, 3.05) is 0 Å². The van der Waals surface area contributed by atoms with E-state index in [1.807, 2.05) is 19.2 Å². The summed E-state index contributed by atoms with van der Waals surface area (Å²) in [6.45, 7) is 3.85. The molecule has 19 heavy (non-hydrogen) atoms. The average Bonchev–Trinajstić information content (AvgIpc) is 2.84. The molecule has 3 nitrogen and oxygen atoms in total. The fourth-order valence-corrected chi connectivity index (χ4v) is 2.63. The summed E-state index contributed by atoms with van der Waals surface area (Å²) in [7, 11) is 0. The van der Waals surface area contributed by atoms with Crippen molar-refractivity contribution in [3.05, 3.63) is 51.7 Å². The normalized spacial score (nSPS) is 12.1. The molecule has 0 fully saturated rings. The molecule has 2 rings (SSSR count). The third kappa shape index (κ3) is 3.58. The van der Waals surface area contributed by atoms with Gasteiger partial charge in [-0.3, -0.25) is 4.79 Å². The van der Waals surface area contributed by atoms with E-state index in [2.05, 4.69) is 16.8 Å². The second kappa shape index (κ2) is 5.89. The molecule has 1 atom stereocenters. The lowest BCUT2D eigenvalue weighted by atomic mass is 10.1. The van der Waals surface area contributed by atoms with E-state index < -0.39 is 0 Å².